The fourth-order valence-electron chi connectivity index (χ4n) is 0.630. The Morgan fingerprint density at radius 3 is 1.38 bits per heavy atom. The second-order valence-corrected chi connectivity index (χ2v) is 4.30. The van der Waals surface area contributed by atoms with Gasteiger partial charge in [-0.1, -0.05) is 13.2 Å². The van der Waals surface area contributed by atoms with Crippen molar-refractivity contribution in [1.29, 1.82) is 0 Å². The van der Waals surface area contributed by atoms with Gasteiger partial charge in [0.25, 0.3) is 0 Å². The average Bonchev–Trinajstić information content (AvgIpc) is 2.57. The van der Waals surface area contributed by atoms with Crippen molar-refractivity contribution in [3.05, 3.63) is 24.8 Å². The quantitative estimate of drug-likeness (QED) is 0.174. The number of aliphatic carboxylic acids is 2. The molecule has 10 nitrogen and oxygen atoms in total. The molecule has 0 aliphatic heterocycles. The van der Waals surface area contributed by atoms with E-state index in [0.29, 0.717) is 0 Å². The number of aliphatic hydroxyl groups excluding tert-OH is 4. The summed E-state index contributed by atoms with van der Waals surface area (Å²) >= 11 is 0. The summed E-state index contributed by atoms with van der Waals surface area (Å²) in [6.45, 7) is 4.44. The van der Waals surface area contributed by atoms with E-state index in [1.807, 2.05) is 0 Å². The topological polar surface area (TPSA) is 187 Å². The molecular weight excluding hydrogens is 374 g/mol. The van der Waals surface area contributed by atoms with Crippen LogP contribution in [0, 0.1) is 5.41 Å². The fraction of sp³-hybridized carbons (Fsp3) is 0.500. The number of esters is 1. The van der Waals surface area contributed by atoms with Crippen LogP contribution in [-0.4, -0.2) is 71.9 Å². The van der Waals surface area contributed by atoms with E-state index in [1.165, 1.54) is 7.11 Å². The Bertz CT molecular complexity index is 404. The fourth-order valence-corrected chi connectivity index (χ4v) is 0.630. The second-order valence-electron chi connectivity index (χ2n) is 4.30. The van der Waals surface area contributed by atoms with Crippen LogP contribution in [0.1, 0.15) is 6.42 Å². The van der Waals surface area contributed by atoms with Gasteiger partial charge in [-0.15, -0.1) is 0 Å². The van der Waals surface area contributed by atoms with E-state index in [1.54, 1.807) is 0 Å². The largest absolute Gasteiger partial charge is 1.00 e. The first kappa shape index (κ1) is 36.6. The van der Waals surface area contributed by atoms with Crippen molar-refractivity contribution in [3.63, 3.8) is 0 Å². The Morgan fingerprint density at radius 2 is 1.35 bits per heavy atom. The molecule has 0 unspecified atom stereocenters. The van der Waals surface area contributed by atoms with Gasteiger partial charge in [-0.2, -0.15) is 0 Å². The normalized spacial score (nSPS) is 8.65. The van der Waals surface area contributed by atoms with Crippen LogP contribution in [0.5, 0.6) is 0 Å². The number of ether oxygens (including phenoxy) is 1. The Balaban J connectivity index is -0.0000000834. The zero-order valence-electron chi connectivity index (χ0n) is 15.3. The van der Waals surface area contributed by atoms with Gasteiger partial charge in [0, 0.05) is 18.5 Å². The molecule has 12 heteroatoms. The molecule has 0 aliphatic rings. The Hall–Kier alpha value is -0.270. The molecule has 0 atom stereocenters. The summed E-state index contributed by atoms with van der Waals surface area (Å²) in [7, 11) is 1.31. The van der Waals surface area contributed by atoms with Crippen LogP contribution >= 0.6 is 0 Å². The molecule has 0 fully saturated rings. The summed E-state index contributed by atoms with van der Waals surface area (Å²) in [6.07, 6.45) is 0.433. The van der Waals surface area contributed by atoms with Gasteiger partial charge in [-0.3, -0.25) is 0 Å². The summed E-state index contributed by atoms with van der Waals surface area (Å²) < 4.78 is 4.14. The van der Waals surface area contributed by atoms with E-state index >= 15 is 0 Å². The molecule has 0 spiro atoms. The second kappa shape index (κ2) is 22.8. The number of aliphatic hydroxyl groups is 4. The van der Waals surface area contributed by atoms with Crippen molar-refractivity contribution >= 4 is 17.9 Å². The smallest absolute Gasteiger partial charge is 0.550 e. The molecule has 0 aromatic rings. The zero-order chi connectivity index (χ0) is 19.8. The van der Waals surface area contributed by atoms with Gasteiger partial charge < -0.3 is 45.0 Å². The maximum Gasteiger partial charge on any atom is 1.00 e. The first-order valence-electron chi connectivity index (χ1n) is 6.32. The van der Waals surface area contributed by atoms with Crippen LogP contribution in [0.25, 0.3) is 0 Å². The van der Waals surface area contributed by atoms with Crippen LogP contribution in [0.2, 0.25) is 0 Å². The predicted molar refractivity (Wildman–Crippen MR) is 76.8 cm³/mol. The molecule has 0 radical (unpaired) electrons. The number of carboxylic acid groups (broad SMARTS) is 2. The van der Waals surface area contributed by atoms with Gasteiger partial charge >= 0.3 is 65.1 Å². The van der Waals surface area contributed by atoms with Crippen LogP contribution in [0.3, 0.4) is 0 Å². The summed E-state index contributed by atoms with van der Waals surface area (Å²) in [4.78, 5) is 29.2. The van der Waals surface area contributed by atoms with E-state index in [0.717, 1.165) is 6.08 Å². The van der Waals surface area contributed by atoms with Crippen molar-refractivity contribution in [2.24, 2.45) is 5.41 Å². The summed E-state index contributed by atoms with van der Waals surface area (Å²) in [6, 6.07) is 0. The van der Waals surface area contributed by atoms with Gasteiger partial charge in [0.15, 0.2) is 0 Å². The van der Waals surface area contributed by atoms with Crippen LogP contribution in [0.4, 0.5) is 0 Å². The Labute approximate surface area is 195 Å². The summed E-state index contributed by atoms with van der Waals surface area (Å²) in [5.41, 5.74) is -1.59. The third kappa shape index (κ3) is 21.8. The minimum atomic E-state index is -1.56. The average molecular weight is 396 g/mol. The minimum absolute atomic E-state index is 0. The zero-order valence-corrected chi connectivity index (χ0v) is 19.3. The molecule has 140 valence electrons. The van der Waals surface area contributed by atoms with Crippen LogP contribution in [0.15, 0.2) is 24.8 Å². The molecule has 0 bridgehead atoms. The molecule has 0 saturated heterocycles. The maximum absolute atomic E-state index is 9.84. The molecule has 0 aromatic heterocycles. The van der Waals surface area contributed by atoms with Gasteiger partial charge in [0.2, 0.25) is 0 Å². The van der Waals surface area contributed by atoms with E-state index in [2.05, 4.69) is 17.9 Å². The van der Waals surface area contributed by atoms with Crippen molar-refractivity contribution in [3.8, 4) is 0 Å². The maximum atomic E-state index is 9.84. The molecule has 0 amide bonds. The van der Waals surface area contributed by atoms with Gasteiger partial charge in [-0.05, 0) is 5.57 Å². The molecule has 0 heterocycles. The van der Waals surface area contributed by atoms with Crippen molar-refractivity contribution < 1.29 is 109 Å². The van der Waals surface area contributed by atoms with Gasteiger partial charge in [0.05, 0.1) is 44.9 Å². The monoisotopic (exact) mass is 396 g/mol. The SMILES string of the molecule is C=C(CC(=O)[O-])C(=O)[O-].C=CC(=O)OC.OCC(CO)(CO)CO.[Na+].[Na+]. The predicted octanol–water partition coefficient (Wildman–Crippen LogP) is -10.3. The molecular formula is C14H22Na2O10. The van der Waals surface area contributed by atoms with E-state index in [4.69, 9.17) is 20.4 Å². The van der Waals surface area contributed by atoms with Crippen LogP contribution in [-0.2, 0) is 19.1 Å². The molecule has 4 N–H and O–H groups in total. The van der Waals surface area contributed by atoms with Crippen molar-refractivity contribution in [2.45, 2.75) is 6.42 Å². The molecule has 0 aliphatic carbocycles. The summed E-state index contributed by atoms with van der Waals surface area (Å²) in [5, 5.41) is 53.4. The number of hydrogen-bond acceptors (Lipinski definition) is 10. The number of carbonyl (C=O) groups excluding carboxylic acids is 3. The van der Waals surface area contributed by atoms with Gasteiger partial charge in [-0.25, -0.2) is 4.79 Å². The van der Waals surface area contributed by atoms with Gasteiger partial charge in [0.1, 0.15) is 0 Å². The molecule has 0 rings (SSSR count). The number of methoxy groups -OCH3 is 1. The van der Waals surface area contributed by atoms with E-state index < -0.39 is 61.7 Å². The number of carbonyl (C=O) groups is 3. The van der Waals surface area contributed by atoms with Crippen molar-refractivity contribution in [2.75, 3.05) is 33.5 Å². The van der Waals surface area contributed by atoms with E-state index in [9.17, 15) is 24.6 Å². The van der Waals surface area contributed by atoms with Crippen LogP contribution < -0.4 is 69.3 Å². The number of carboxylic acids is 2. The third-order valence-electron chi connectivity index (χ3n) is 2.36. The number of hydrogen-bond donors (Lipinski definition) is 4. The minimum Gasteiger partial charge on any atom is -0.550 e. The van der Waals surface area contributed by atoms with E-state index in [-0.39, 0.29) is 59.1 Å². The first-order chi connectivity index (χ1) is 11.1. The molecule has 0 saturated carbocycles. The third-order valence-corrected chi connectivity index (χ3v) is 2.36. The standard InChI is InChI=1S/C5H12O4.C5H6O4.C4H6O2.2Na/c6-1-5(2-7,3-8)4-9;1-3(5(8)9)2-4(6)7;1-3-4(5)6-2;;/h6-9H,1-4H2;1-2H2,(H,6,7)(H,8,9);3H,1H2,2H3;;/q;;;2*+1/p-2. The van der Waals surface area contributed by atoms with Crippen molar-refractivity contribution in [1.82, 2.24) is 0 Å². The first-order valence-corrected chi connectivity index (χ1v) is 6.32. The number of rotatable bonds is 8. The Kier molecular flexibility index (Phi) is 32.1. The molecule has 26 heavy (non-hydrogen) atoms. The molecule has 0 aromatic carbocycles. The summed E-state index contributed by atoms with van der Waals surface area (Å²) in [5.74, 6) is -3.42. The Morgan fingerprint density at radius 1 is 1.00 bits per heavy atom.